The van der Waals surface area contributed by atoms with Crippen molar-refractivity contribution in [2.45, 2.75) is 25.8 Å². The molecule has 4 amide bonds. The molecule has 1 heterocycles. The molecule has 1 saturated heterocycles. The van der Waals surface area contributed by atoms with Gasteiger partial charge in [0.05, 0.1) is 25.0 Å². The summed E-state index contributed by atoms with van der Waals surface area (Å²) in [5.41, 5.74) is 0.506. The van der Waals surface area contributed by atoms with Crippen LogP contribution in [0.25, 0.3) is 0 Å². The van der Waals surface area contributed by atoms with Crippen molar-refractivity contribution in [1.29, 1.82) is 10.5 Å². The van der Waals surface area contributed by atoms with Crippen LogP contribution in [0.4, 0.5) is 10.5 Å². The van der Waals surface area contributed by atoms with Gasteiger partial charge in [0.1, 0.15) is 12.6 Å². The molecule has 1 aliphatic heterocycles. The van der Waals surface area contributed by atoms with E-state index in [1.165, 1.54) is 9.80 Å². The minimum atomic E-state index is -0.752. The summed E-state index contributed by atoms with van der Waals surface area (Å²) in [6.45, 7) is 1.44. The lowest BCUT2D eigenvalue weighted by molar-refractivity contribution is -0.137. The van der Waals surface area contributed by atoms with Crippen LogP contribution < -0.4 is 4.90 Å². The Morgan fingerprint density at radius 2 is 1.70 bits per heavy atom. The summed E-state index contributed by atoms with van der Waals surface area (Å²) in [5.74, 6) is -0.962. The number of carbonyl (C=O) groups is 3. The predicted molar refractivity (Wildman–Crippen MR) is 97.5 cm³/mol. The van der Waals surface area contributed by atoms with Crippen LogP contribution in [0.5, 0.6) is 0 Å². The number of carbonyl (C=O) groups excluding carboxylic acids is 3. The first-order valence-corrected chi connectivity index (χ1v) is 8.70. The van der Waals surface area contributed by atoms with Crippen molar-refractivity contribution in [3.05, 3.63) is 29.3 Å². The summed E-state index contributed by atoms with van der Waals surface area (Å²) in [5, 5.41) is 17.9. The maximum absolute atomic E-state index is 12.7. The van der Waals surface area contributed by atoms with E-state index < -0.39 is 30.4 Å². The maximum Gasteiger partial charge on any atom is 0.332 e. The average Bonchev–Trinajstić information content (AvgIpc) is 2.86. The van der Waals surface area contributed by atoms with E-state index in [1.807, 2.05) is 12.1 Å². The Morgan fingerprint density at radius 3 is 2.22 bits per heavy atom. The minimum Gasteiger partial charge on any atom is -0.339 e. The highest BCUT2D eigenvalue weighted by molar-refractivity contribution is 6.30. The summed E-state index contributed by atoms with van der Waals surface area (Å²) in [6, 6.07) is 9.01. The number of imide groups is 1. The van der Waals surface area contributed by atoms with Gasteiger partial charge < -0.3 is 4.90 Å². The number of nitriles is 2. The molecule has 27 heavy (non-hydrogen) atoms. The molecule has 0 radical (unpaired) electrons. The minimum absolute atomic E-state index is 0.104. The summed E-state index contributed by atoms with van der Waals surface area (Å²) < 4.78 is 0. The van der Waals surface area contributed by atoms with Gasteiger partial charge in [0.15, 0.2) is 0 Å². The molecule has 1 atom stereocenters. The first-order valence-electron chi connectivity index (χ1n) is 8.32. The van der Waals surface area contributed by atoms with Gasteiger partial charge in [-0.1, -0.05) is 11.6 Å². The van der Waals surface area contributed by atoms with Crippen LogP contribution in [0.2, 0.25) is 5.02 Å². The topological polar surface area (TPSA) is 109 Å². The van der Waals surface area contributed by atoms with Crippen LogP contribution in [0, 0.1) is 22.7 Å². The molecule has 0 saturated carbocycles. The highest BCUT2D eigenvalue weighted by Crippen LogP contribution is 2.27. The van der Waals surface area contributed by atoms with Gasteiger partial charge in [0.2, 0.25) is 5.91 Å². The second kappa shape index (κ2) is 9.02. The lowest BCUT2D eigenvalue weighted by Gasteiger charge is -2.23. The first kappa shape index (κ1) is 20.2. The molecule has 9 heteroatoms. The molecule has 1 fully saturated rings. The standard InChI is InChI=1S/C18H18ClN5O3/c1-13-17(26)23(12-16(25)22(10-2-8-20)11-3-9-21)18(27)24(13)15-6-4-14(19)5-7-15/h4-7,13H,2-3,10-12H2,1H3. The zero-order chi connectivity index (χ0) is 20.0. The Hall–Kier alpha value is -3.10. The number of hydrogen-bond acceptors (Lipinski definition) is 5. The fraction of sp³-hybridized carbons (Fsp3) is 0.389. The van der Waals surface area contributed by atoms with E-state index in [-0.39, 0.29) is 25.9 Å². The molecule has 0 bridgehead atoms. The molecule has 0 aliphatic carbocycles. The van der Waals surface area contributed by atoms with Crippen molar-refractivity contribution >= 4 is 35.1 Å². The summed E-state index contributed by atoms with van der Waals surface area (Å²) in [4.78, 5) is 41.3. The zero-order valence-electron chi connectivity index (χ0n) is 14.8. The van der Waals surface area contributed by atoms with E-state index in [2.05, 4.69) is 0 Å². The summed E-state index contributed by atoms with van der Waals surface area (Å²) >= 11 is 5.86. The number of rotatable bonds is 7. The maximum atomic E-state index is 12.7. The number of amides is 4. The zero-order valence-corrected chi connectivity index (χ0v) is 15.5. The highest BCUT2D eigenvalue weighted by Gasteiger charge is 2.44. The molecule has 140 valence electrons. The molecule has 0 aromatic heterocycles. The SMILES string of the molecule is CC1C(=O)N(CC(=O)N(CCC#N)CCC#N)C(=O)N1c1ccc(Cl)cc1. The van der Waals surface area contributed by atoms with Crippen molar-refractivity contribution in [2.24, 2.45) is 0 Å². The Bertz CT molecular complexity index is 794. The van der Waals surface area contributed by atoms with E-state index in [9.17, 15) is 14.4 Å². The number of anilines is 1. The first-order chi connectivity index (χ1) is 12.9. The molecule has 1 unspecified atom stereocenters. The highest BCUT2D eigenvalue weighted by atomic mass is 35.5. The third kappa shape index (κ3) is 4.55. The molecule has 1 aromatic rings. The van der Waals surface area contributed by atoms with Crippen LogP contribution in [-0.4, -0.2) is 53.3 Å². The third-order valence-electron chi connectivity index (χ3n) is 4.19. The largest absolute Gasteiger partial charge is 0.339 e. The van der Waals surface area contributed by atoms with Gasteiger partial charge in [-0.25, -0.2) is 4.79 Å². The number of hydrogen-bond donors (Lipinski definition) is 0. The van der Waals surface area contributed by atoms with E-state index in [1.54, 1.807) is 31.2 Å². The monoisotopic (exact) mass is 387 g/mol. The fourth-order valence-corrected chi connectivity index (χ4v) is 2.90. The van der Waals surface area contributed by atoms with Crippen LogP contribution >= 0.6 is 11.6 Å². The van der Waals surface area contributed by atoms with Gasteiger partial charge in [0, 0.05) is 23.8 Å². The van der Waals surface area contributed by atoms with Gasteiger partial charge in [-0.05, 0) is 31.2 Å². The van der Waals surface area contributed by atoms with E-state index in [0.717, 1.165) is 4.90 Å². The third-order valence-corrected chi connectivity index (χ3v) is 4.44. The number of urea groups is 1. The molecule has 0 N–H and O–H groups in total. The predicted octanol–water partition coefficient (Wildman–Crippen LogP) is 2.15. The summed E-state index contributed by atoms with van der Waals surface area (Å²) in [6.07, 6.45) is 0.207. The quantitative estimate of drug-likeness (QED) is 0.666. The second-order valence-electron chi connectivity index (χ2n) is 5.93. The van der Waals surface area contributed by atoms with Crippen molar-refractivity contribution in [3.63, 3.8) is 0 Å². The lowest BCUT2D eigenvalue weighted by Crippen LogP contribution is -2.44. The Morgan fingerprint density at radius 1 is 1.15 bits per heavy atom. The Labute approximate surface area is 162 Å². The molecule has 8 nitrogen and oxygen atoms in total. The lowest BCUT2D eigenvalue weighted by atomic mass is 10.2. The molecule has 0 spiro atoms. The molecule has 1 aliphatic rings. The van der Waals surface area contributed by atoms with Crippen molar-refractivity contribution in [3.8, 4) is 12.1 Å². The van der Waals surface area contributed by atoms with Crippen LogP contribution in [-0.2, 0) is 9.59 Å². The Balaban J connectivity index is 2.15. The van der Waals surface area contributed by atoms with E-state index >= 15 is 0 Å². The van der Waals surface area contributed by atoms with Crippen molar-refractivity contribution < 1.29 is 14.4 Å². The van der Waals surface area contributed by atoms with Crippen LogP contribution in [0.3, 0.4) is 0 Å². The molecule has 2 rings (SSSR count). The number of halogens is 1. The number of nitrogens with zero attached hydrogens (tertiary/aromatic N) is 5. The van der Waals surface area contributed by atoms with Gasteiger partial charge >= 0.3 is 6.03 Å². The van der Waals surface area contributed by atoms with Crippen molar-refractivity contribution in [1.82, 2.24) is 9.80 Å². The summed E-state index contributed by atoms with van der Waals surface area (Å²) in [7, 11) is 0. The van der Waals surface area contributed by atoms with E-state index in [4.69, 9.17) is 22.1 Å². The average molecular weight is 388 g/mol. The molecule has 1 aromatic carbocycles. The van der Waals surface area contributed by atoms with Gasteiger partial charge in [-0.3, -0.25) is 19.4 Å². The van der Waals surface area contributed by atoms with E-state index in [0.29, 0.717) is 10.7 Å². The molecular weight excluding hydrogens is 370 g/mol. The second-order valence-corrected chi connectivity index (χ2v) is 6.36. The van der Waals surface area contributed by atoms with Crippen molar-refractivity contribution in [2.75, 3.05) is 24.5 Å². The smallest absolute Gasteiger partial charge is 0.332 e. The van der Waals surface area contributed by atoms with Gasteiger partial charge in [-0.15, -0.1) is 0 Å². The van der Waals surface area contributed by atoms with Gasteiger partial charge in [0.25, 0.3) is 5.91 Å². The Kier molecular flexibility index (Phi) is 6.75. The fourth-order valence-electron chi connectivity index (χ4n) is 2.77. The molecular formula is C18H18ClN5O3. The van der Waals surface area contributed by atoms with Crippen LogP contribution in [0.15, 0.2) is 24.3 Å². The normalized spacial score (nSPS) is 16.2. The van der Waals surface area contributed by atoms with Crippen LogP contribution in [0.1, 0.15) is 19.8 Å². The van der Waals surface area contributed by atoms with Gasteiger partial charge in [-0.2, -0.15) is 10.5 Å². The number of benzene rings is 1.